The van der Waals surface area contributed by atoms with Gasteiger partial charge in [0, 0.05) is 83.1 Å². The van der Waals surface area contributed by atoms with E-state index in [-0.39, 0.29) is 64.6 Å². The molecule has 0 unspecified atom stereocenters. The van der Waals surface area contributed by atoms with Crippen LogP contribution in [-0.4, -0.2) is 96.3 Å². The lowest BCUT2D eigenvalue weighted by Crippen LogP contribution is -2.38. The molecule has 4 heterocycles. The molecule has 440 valence electrons. The summed E-state index contributed by atoms with van der Waals surface area (Å²) >= 11 is 6.43. The quantitative estimate of drug-likeness (QED) is 0.0466. The zero-order valence-electron chi connectivity index (χ0n) is 47.7. The summed E-state index contributed by atoms with van der Waals surface area (Å²) in [6.45, 7) is 19.6. The van der Waals surface area contributed by atoms with Crippen LogP contribution in [0.15, 0.2) is 87.8 Å². The topological polar surface area (TPSA) is 284 Å². The van der Waals surface area contributed by atoms with Gasteiger partial charge in [-0.1, -0.05) is 69.6 Å². The SMILES string of the molecule is CC(C)c1cncc(N)n1.CCNS(=O)(=O)c1cc(Br)ccc1-c1cnc(C2CCC(NC(=O)OC(C)C)CC2)s1.CCNS(=O)(=O)c1cc(Nc2cncc(C(C)C)n2)ccc1-c1cnc(C2CCC(NC(=O)OC(C)C)CC2)s1. The molecule has 6 aromatic rings. The number of hydrogen-bond donors (Lipinski definition) is 6. The molecule has 0 spiro atoms. The minimum atomic E-state index is -3.77. The predicted molar refractivity (Wildman–Crippen MR) is 324 cm³/mol. The van der Waals surface area contributed by atoms with E-state index in [9.17, 15) is 26.4 Å². The fraction of sp³-hybridized carbons (Fsp3) is 0.500. The summed E-state index contributed by atoms with van der Waals surface area (Å²) in [5.41, 5.74) is 9.07. The fourth-order valence-corrected chi connectivity index (χ4v) is 14.5. The van der Waals surface area contributed by atoms with Crippen LogP contribution >= 0.6 is 38.6 Å². The number of aromatic nitrogens is 6. The Hall–Kier alpha value is -5.70. The van der Waals surface area contributed by atoms with Gasteiger partial charge in [-0.25, -0.2) is 55.8 Å². The van der Waals surface area contributed by atoms with Gasteiger partial charge in [0.2, 0.25) is 20.0 Å². The summed E-state index contributed by atoms with van der Waals surface area (Å²) < 4.78 is 68.1. The normalized spacial score (nSPS) is 17.4. The van der Waals surface area contributed by atoms with Crippen molar-refractivity contribution in [2.24, 2.45) is 0 Å². The Balaban J connectivity index is 0.000000227. The largest absolute Gasteiger partial charge is 0.447 e. The molecule has 0 saturated heterocycles. The molecule has 2 amide bonds. The van der Waals surface area contributed by atoms with E-state index < -0.39 is 20.0 Å². The van der Waals surface area contributed by atoms with Crippen LogP contribution in [0.3, 0.4) is 0 Å². The number of nitrogens with two attached hydrogens (primary N) is 1. The number of amides is 2. The Labute approximate surface area is 493 Å². The lowest BCUT2D eigenvalue weighted by atomic mass is 9.86. The molecular formula is C56H77BrN12O8S4. The molecule has 81 heavy (non-hydrogen) atoms. The number of nitrogens with one attached hydrogen (secondary N) is 5. The molecule has 4 aromatic heterocycles. The predicted octanol–water partition coefficient (Wildman–Crippen LogP) is 12.1. The van der Waals surface area contributed by atoms with Crippen LogP contribution in [-0.2, 0) is 29.5 Å². The van der Waals surface area contributed by atoms with Crippen molar-refractivity contribution in [2.75, 3.05) is 24.1 Å². The molecular weight excluding hydrogens is 1180 g/mol. The van der Waals surface area contributed by atoms with Crippen molar-refractivity contribution in [1.29, 1.82) is 0 Å². The third-order valence-electron chi connectivity index (χ3n) is 13.0. The number of halogens is 1. The second-order valence-corrected chi connectivity index (χ2v) is 27.4. The van der Waals surface area contributed by atoms with E-state index in [2.05, 4.69) is 85.1 Å². The van der Waals surface area contributed by atoms with Gasteiger partial charge in [-0.3, -0.25) is 9.97 Å². The number of thiazole rings is 2. The molecule has 2 fully saturated rings. The average Bonchev–Trinajstić information content (AvgIpc) is 4.33. The van der Waals surface area contributed by atoms with E-state index in [1.54, 1.807) is 63.2 Å². The third-order valence-corrected chi connectivity index (χ3v) is 19.1. The molecule has 0 bridgehead atoms. The van der Waals surface area contributed by atoms with E-state index in [4.69, 9.17) is 15.2 Å². The molecule has 2 aliphatic carbocycles. The number of hydrogen-bond acceptors (Lipinski definition) is 18. The molecule has 25 heteroatoms. The standard InChI is InChI=1S/C28H38N6O4S2.C21H28BrN3O4S2.C7H11N3/c1-6-31-40(36,37)25-13-21(32-26-16-29-14-23(34-26)17(2)3)11-12-22(25)24-15-30-27(39-24)19-7-9-20(10-8-19)33-28(35)38-18(4)5;1-4-24-31(27,28)19-11-15(22)7-10-17(19)18-12-23-20(30-18)14-5-8-16(9-6-14)25-21(26)29-13(2)3;1-5(2)6-3-9-4-7(8)10-6/h11-20,31H,6-10H2,1-5H3,(H,32,34)(H,33,35);7,10-14,16,24H,4-6,8-9H2,1-3H3,(H,25,26);3-5H,1-2H3,(H2,8,10). The summed E-state index contributed by atoms with van der Waals surface area (Å²) in [5.74, 6) is 2.23. The van der Waals surface area contributed by atoms with Gasteiger partial charge in [0.1, 0.15) is 11.6 Å². The number of nitrogen functional groups attached to an aromatic ring is 1. The Bertz CT molecular complexity index is 3250. The Morgan fingerprint density at radius 2 is 1.06 bits per heavy atom. The van der Waals surface area contributed by atoms with Crippen LogP contribution in [0.4, 0.5) is 26.9 Å². The highest BCUT2D eigenvalue weighted by Gasteiger charge is 2.30. The van der Waals surface area contributed by atoms with Gasteiger partial charge in [-0.05, 0) is 115 Å². The van der Waals surface area contributed by atoms with Crippen molar-refractivity contribution < 1.29 is 35.9 Å². The molecule has 2 aromatic carbocycles. The smallest absolute Gasteiger partial charge is 0.407 e. The van der Waals surface area contributed by atoms with Crippen LogP contribution in [0, 0.1) is 0 Å². The fourth-order valence-electron chi connectivity index (χ4n) is 9.03. The summed E-state index contributed by atoms with van der Waals surface area (Å²) in [6, 6.07) is 10.8. The van der Waals surface area contributed by atoms with Crippen molar-refractivity contribution in [3.63, 3.8) is 0 Å². The molecule has 8 rings (SSSR count). The zero-order chi connectivity index (χ0) is 59.0. The van der Waals surface area contributed by atoms with Crippen molar-refractivity contribution in [2.45, 2.75) is 178 Å². The van der Waals surface area contributed by atoms with E-state index in [1.165, 1.54) is 22.7 Å². The van der Waals surface area contributed by atoms with Crippen LogP contribution in [0.5, 0.6) is 0 Å². The van der Waals surface area contributed by atoms with Crippen molar-refractivity contribution in [3.8, 4) is 20.9 Å². The zero-order valence-corrected chi connectivity index (χ0v) is 52.5. The van der Waals surface area contributed by atoms with E-state index in [0.29, 0.717) is 51.3 Å². The van der Waals surface area contributed by atoms with Crippen LogP contribution < -0.4 is 31.1 Å². The molecule has 0 atom stereocenters. The lowest BCUT2D eigenvalue weighted by molar-refractivity contribution is 0.108. The minimum Gasteiger partial charge on any atom is -0.447 e. The number of nitrogens with zero attached hydrogens (tertiary/aromatic N) is 6. The number of sulfonamides is 2. The highest BCUT2D eigenvalue weighted by atomic mass is 79.9. The molecule has 2 aliphatic rings. The molecule has 7 N–H and O–H groups in total. The summed E-state index contributed by atoms with van der Waals surface area (Å²) in [5, 5.41) is 11.1. The number of alkyl carbamates (subject to hydrolysis) is 2. The Kier molecular flexibility index (Phi) is 23.9. The van der Waals surface area contributed by atoms with Gasteiger partial charge in [-0.15, -0.1) is 22.7 Å². The highest BCUT2D eigenvalue weighted by Crippen LogP contribution is 2.42. The van der Waals surface area contributed by atoms with Gasteiger partial charge in [-0.2, -0.15) is 0 Å². The summed E-state index contributed by atoms with van der Waals surface area (Å²) in [4.78, 5) is 52.0. The summed E-state index contributed by atoms with van der Waals surface area (Å²) in [6.07, 6.45) is 16.2. The van der Waals surface area contributed by atoms with Crippen LogP contribution in [0.2, 0.25) is 0 Å². The van der Waals surface area contributed by atoms with Crippen molar-refractivity contribution >= 4 is 88.2 Å². The minimum absolute atomic E-state index is 0.0877. The van der Waals surface area contributed by atoms with Crippen LogP contribution in [0.1, 0.15) is 166 Å². The average molecular weight is 1250 g/mol. The monoisotopic (exact) mass is 1250 g/mol. The maximum Gasteiger partial charge on any atom is 0.407 e. The summed E-state index contributed by atoms with van der Waals surface area (Å²) in [7, 11) is -7.38. The number of rotatable bonds is 18. The number of ether oxygens (including phenoxy) is 2. The lowest BCUT2D eigenvalue weighted by Gasteiger charge is -2.28. The first-order valence-electron chi connectivity index (χ1n) is 27.4. The molecule has 0 radical (unpaired) electrons. The maximum absolute atomic E-state index is 13.2. The molecule has 2 saturated carbocycles. The maximum atomic E-state index is 13.2. The first-order valence-corrected chi connectivity index (χ1v) is 32.8. The van der Waals surface area contributed by atoms with E-state index in [1.807, 2.05) is 65.8 Å². The van der Waals surface area contributed by atoms with Gasteiger partial charge < -0.3 is 31.2 Å². The van der Waals surface area contributed by atoms with Gasteiger partial charge in [0.05, 0.1) is 65.5 Å². The molecule has 0 aliphatic heterocycles. The highest BCUT2D eigenvalue weighted by molar-refractivity contribution is 9.10. The number of carbonyl (C=O) groups is 2. The third kappa shape index (κ3) is 19.2. The van der Waals surface area contributed by atoms with Gasteiger partial charge in [0.15, 0.2) is 0 Å². The second kappa shape index (κ2) is 30.0. The van der Waals surface area contributed by atoms with Crippen molar-refractivity contribution in [1.82, 2.24) is 50.0 Å². The van der Waals surface area contributed by atoms with E-state index in [0.717, 1.165) is 82.5 Å². The number of anilines is 3. The van der Waals surface area contributed by atoms with Crippen molar-refractivity contribution in [3.05, 3.63) is 99.5 Å². The molecule has 20 nitrogen and oxygen atoms in total. The Morgan fingerprint density at radius 3 is 1.49 bits per heavy atom. The first kappa shape index (κ1) is 64.5. The van der Waals surface area contributed by atoms with Gasteiger partial charge in [0.25, 0.3) is 0 Å². The number of carbonyl (C=O) groups excluding carboxylic acids is 2. The number of benzene rings is 2. The first-order chi connectivity index (χ1) is 38.4. The second-order valence-electron chi connectivity index (χ2n) is 20.9. The Morgan fingerprint density at radius 1 is 0.617 bits per heavy atom. The van der Waals surface area contributed by atoms with Crippen LogP contribution in [0.25, 0.3) is 20.9 Å². The van der Waals surface area contributed by atoms with Gasteiger partial charge >= 0.3 is 12.2 Å². The van der Waals surface area contributed by atoms with E-state index >= 15 is 0 Å².